The highest BCUT2D eigenvalue weighted by atomic mass is 16.5. The SMILES string of the molecule is CCOC(=O)c1cc(C#N)c(C)cn1. The number of aryl methyl sites for hydroxylation is 1. The molecule has 1 aromatic heterocycles. The number of carbonyl (C=O) groups is 1. The topological polar surface area (TPSA) is 63.0 Å². The molecule has 0 spiro atoms. The molecule has 72 valence electrons. The van der Waals surface area contributed by atoms with E-state index >= 15 is 0 Å². The predicted molar refractivity (Wildman–Crippen MR) is 49.6 cm³/mol. The molecule has 0 atom stereocenters. The minimum atomic E-state index is -0.496. The highest BCUT2D eigenvalue weighted by Crippen LogP contribution is 2.07. The monoisotopic (exact) mass is 190 g/mol. The average molecular weight is 190 g/mol. The van der Waals surface area contributed by atoms with E-state index in [0.29, 0.717) is 12.2 Å². The van der Waals surface area contributed by atoms with Crippen LogP contribution < -0.4 is 0 Å². The van der Waals surface area contributed by atoms with Crippen molar-refractivity contribution in [3.8, 4) is 6.07 Å². The average Bonchev–Trinajstić information content (AvgIpc) is 2.19. The van der Waals surface area contributed by atoms with Crippen LogP contribution in [0.1, 0.15) is 28.5 Å². The fraction of sp³-hybridized carbons (Fsp3) is 0.300. The summed E-state index contributed by atoms with van der Waals surface area (Å²) in [4.78, 5) is 15.1. The van der Waals surface area contributed by atoms with Crippen LogP contribution in [0.2, 0.25) is 0 Å². The van der Waals surface area contributed by atoms with Crippen LogP contribution in [0.5, 0.6) is 0 Å². The van der Waals surface area contributed by atoms with Gasteiger partial charge in [0.15, 0.2) is 0 Å². The summed E-state index contributed by atoms with van der Waals surface area (Å²) < 4.78 is 4.76. The van der Waals surface area contributed by atoms with E-state index in [4.69, 9.17) is 10.00 Å². The summed E-state index contributed by atoms with van der Waals surface area (Å²) >= 11 is 0. The van der Waals surface area contributed by atoms with Crippen LogP contribution in [0.4, 0.5) is 0 Å². The summed E-state index contributed by atoms with van der Waals surface area (Å²) in [5, 5.41) is 8.72. The molecule has 0 aliphatic carbocycles. The molecule has 1 rings (SSSR count). The standard InChI is InChI=1S/C10H10N2O2/c1-3-14-10(13)9-4-8(5-11)7(2)6-12-9/h4,6H,3H2,1-2H3. The van der Waals surface area contributed by atoms with E-state index in [1.165, 1.54) is 12.3 Å². The van der Waals surface area contributed by atoms with Gasteiger partial charge in [-0.25, -0.2) is 9.78 Å². The first-order valence-corrected chi connectivity index (χ1v) is 4.23. The smallest absolute Gasteiger partial charge is 0.356 e. The van der Waals surface area contributed by atoms with E-state index in [1.807, 2.05) is 6.07 Å². The number of esters is 1. The highest BCUT2D eigenvalue weighted by molar-refractivity contribution is 5.87. The number of aromatic nitrogens is 1. The first kappa shape index (κ1) is 10.2. The highest BCUT2D eigenvalue weighted by Gasteiger charge is 2.09. The van der Waals surface area contributed by atoms with Gasteiger partial charge in [0.25, 0.3) is 0 Å². The van der Waals surface area contributed by atoms with E-state index in [1.54, 1.807) is 13.8 Å². The number of hydrogen-bond donors (Lipinski definition) is 0. The maximum absolute atomic E-state index is 11.2. The number of nitriles is 1. The van der Waals surface area contributed by atoms with Crippen LogP contribution >= 0.6 is 0 Å². The number of rotatable bonds is 2. The summed E-state index contributed by atoms with van der Waals surface area (Å²) in [7, 11) is 0. The summed E-state index contributed by atoms with van der Waals surface area (Å²) in [6.07, 6.45) is 1.49. The predicted octanol–water partition coefficient (Wildman–Crippen LogP) is 1.44. The molecule has 0 N–H and O–H groups in total. The Labute approximate surface area is 82.1 Å². The van der Waals surface area contributed by atoms with E-state index in [0.717, 1.165) is 5.56 Å². The summed E-state index contributed by atoms with van der Waals surface area (Å²) in [6, 6.07) is 3.42. The van der Waals surface area contributed by atoms with Gasteiger partial charge in [0.2, 0.25) is 0 Å². The van der Waals surface area contributed by atoms with E-state index < -0.39 is 5.97 Å². The zero-order valence-electron chi connectivity index (χ0n) is 8.07. The normalized spacial score (nSPS) is 9.21. The zero-order chi connectivity index (χ0) is 10.6. The molecule has 4 nitrogen and oxygen atoms in total. The summed E-state index contributed by atoms with van der Waals surface area (Å²) in [5.41, 5.74) is 1.37. The molecule has 0 saturated carbocycles. The van der Waals surface area contributed by atoms with Gasteiger partial charge in [0, 0.05) is 6.20 Å². The third kappa shape index (κ3) is 2.07. The molecule has 0 amide bonds. The lowest BCUT2D eigenvalue weighted by atomic mass is 10.1. The first-order valence-electron chi connectivity index (χ1n) is 4.23. The lowest BCUT2D eigenvalue weighted by molar-refractivity contribution is 0.0519. The number of nitrogens with zero attached hydrogens (tertiary/aromatic N) is 2. The Hall–Kier alpha value is -1.89. The van der Waals surface area contributed by atoms with Crippen LogP contribution in [-0.4, -0.2) is 17.6 Å². The number of hydrogen-bond acceptors (Lipinski definition) is 4. The van der Waals surface area contributed by atoms with Crippen LogP contribution in [0.25, 0.3) is 0 Å². The van der Waals surface area contributed by atoms with Gasteiger partial charge in [-0.3, -0.25) is 0 Å². The molecule has 0 saturated heterocycles. The molecule has 1 aromatic rings. The Morgan fingerprint density at radius 1 is 1.71 bits per heavy atom. The van der Waals surface area contributed by atoms with Crippen molar-refractivity contribution in [1.82, 2.24) is 4.98 Å². The van der Waals surface area contributed by atoms with Crippen molar-refractivity contribution in [2.24, 2.45) is 0 Å². The van der Waals surface area contributed by atoms with Gasteiger partial charge in [-0.15, -0.1) is 0 Å². The van der Waals surface area contributed by atoms with Crippen molar-refractivity contribution in [1.29, 1.82) is 5.26 Å². The van der Waals surface area contributed by atoms with Crippen molar-refractivity contribution in [2.75, 3.05) is 6.61 Å². The van der Waals surface area contributed by atoms with Gasteiger partial charge in [-0.2, -0.15) is 5.26 Å². The molecule has 14 heavy (non-hydrogen) atoms. The van der Waals surface area contributed by atoms with Gasteiger partial charge in [0.05, 0.1) is 18.2 Å². The molecule has 0 radical (unpaired) electrons. The minimum Gasteiger partial charge on any atom is -0.461 e. The van der Waals surface area contributed by atoms with Gasteiger partial charge in [-0.1, -0.05) is 0 Å². The molecule has 0 fully saturated rings. The van der Waals surface area contributed by atoms with Gasteiger partial charge >= 0.3 is 5.97 Å². The summed E-state index contributed by atoms with van der Waals surface area (Å²) in [6.45, 7) is 3.79. The fourth-order valence-corrected chi connectivity index (χ4v) is 0.961. The summed E-state index contributed by atoms with van der Waals surface area (Å²) in [5.74, 6) is -0.496. The third-order valence-corrected chi connectivity index (χ3v) is 1.71. The Morgan fingerprint density at radius 3 is 3.00 bits per heavy atom. The van der Waals surface area contributed by atoms with E-state index in [9.17, 15) is 4.79 Å². The van der Waals surface area contributed by atoms with Crippen LogP contribution in [-0.2, 0) is 4.74 Å². The molecular formula is C10H10N2O2. The quantitative estimate of drug-likeness (QED) is 0.662. The van der Waals surface area contributed by atoms with Crippen LogP contribution in [0, 0.1) is 18.3 Å². The Kier molecular flexibility index (Phi) is 3.19. The maximum atomic E-state index is 11.2. The van der Waals surface area contributed by atoms with Crippen molar-refractivity contribution >= 4 is 5.97 Å². The molecule has 0 aliphatic rings. The van der Waals surface area contributed by atoms with E-state index in [-0.39, 0.29) is 5.69 Å². The lowest BCUT2D eigenvalue weighted by Crippen LogP contribution is -2.07. The molecule has 0 aliphatic heterocycles. The van der Waals surface area contributed by atoms with Gasteiger partial charge in [-0.05, 0) is 25.5 Å². The minimum absolute atomic E-state index is 0.175. The maximum Gasteiger partial charge on any atom is 0.356 e. The number of ether oxygens (including phenoxy) is 1. The fourth-order valence-electron chi connectivity index (χ4n) is 0.961. The third-order valence-electron chi connectivity index (χ3n) is 1.71. The van der Waals surface area contributed by atoms with Crippen LogP contribution in [0.15, 0.2) is 12.3 Å². The second kappa shape index (κ2) is 4.38. The molecule has 0 unspecified atom stereocenters. The number of carbonyl (C=O) groups excluding carboxylic acids is 1. The van der Waals surface area contributed by atoms with Crippen molar-refractivity contribution < 1.29 is 9.53 Å². The van der Waals surface area contributed by atoms with E-state index in [2.05, 4.69) is 4.98 Å². The molecule has 4 heteroatoms. The largest absolute Gasteiger partial charge is 0.461 e. The number of pyridine rings is 1. The van der Waals surface area contributed by atoms with Crippen molar-refractivity contribution in [3.05, 3.63) is 29.1 Å². The molecule has 0 aromatic carbocycles. The molecule has 0 bridgehead atoms. The first-order chi connectivity index (χ1) is 6.69. The van der Waals surface area contributed by atoms with Crippen LogP contribution in [0.3, 0.4) is 0 Å². The second-order valence-corrected chi connectivity index (χ2v) is 2.72. The molecular weight excluding hydrogens is 180 g/mol. The van der Waals surface area contributed by atoms with Crippen molar-refractivity contribution in [2.45, 2.75) is 13.8 Å². The van der Waals surface area contributed by atoms with Gasteiger partial charge in [0.1, 0.15) is 5.69 Å². The lowest BCUT2D eigenvalue weighted by Gasteiger charge is -2.02. The Balaban J connectivity index is 3.02. The Bertz CT molecular complexity index is 394. The zero-order valence-corrected chi connectivity index (χ0v) is 8.07. The second-order valence-electron chi connectivity index (χ2n) is 2.72. The van der Waals surface area contributed by atoms with Crippen molar-refractivity contribution in [3.63, 3.8) is 0 Å². The van der Waals surface area contributed by atoms with Gasteiger partial charge < -0.3 is 4.74 Å². The molecule has 1 heterocycles. The Morgan fingerprint density at radius 2 is 2.43 bits per heavy atom.